The van der Waals surface area contributed by atoms with Crippen molar-refractivity contribution in [3.05, 3.63) is 98.8 Å². The maximum atomic E-state index is 13.7. The van der Waals surface area contributed by atoms with Gasteiger partial charge in [-0.25, -0.2) is 0 Å². The number of ether oxygens (including phenoxy) is 1. The Bertz CT molecular complexity index is 1630. The van der Waals surface area contributed by atoms with Gasteiger partial charge in [0.05, 0.1) is 34.8 Å². The number of aromatic nitrogens is 2. The standard InChI is InChI=1S/C27H21F3N4O4/c1-2-17-13-18(15-19(14-17)27(28,29)30)25-21-5-3-4-6-22(21)26(35)33(31-25)24-16-20(7-8-23(24)34(36)37)32-9-11-38-12-10-32/h2-8,13-16H,1,9-12H2. The van der Waals surface area contributed by atoms with Gasteiger partial charge >= 0.3 is 6.18 Å². The number of halogens is 3. The normalized spacial score (nSPS) is 14.0. The van der Waals surface area contributed by atoms with Crippen molar-refractivity contribution >= 4 is 28.2 Å². The lowest BCUT2D eigenvalue weighted by Gasteiger charge is -2.29. The van der Waals surface area contributed by atoms with Gasteiger partial charge in [-0.05, 0) is 42.0 Å². The van der Waals surface area contributed by atoms with Gasteiger partial charge in [0.1, 0.15) is 5.69 Å². The molecule has 0 atom stereocenters. The van der Waals surface area contributed by atoms with E-state index in [2.05, 4.69) is 11.7 Å². The Balaban J connectivity index is 1.81. The van der Waals surface area contributed by atoms with Crippen LogP contribution in [0.4, 0.5) is 24.5 Å². The molecule has 8 nitrogen and oxygen atoms in total. The number of alkyl halides is 3. The molecule has 3 aromatic carbocycles. The summed E-state index contributed by atoms with van der Waals surface area (Å²) in [6, 6.07) is 14.1. The van der Waals surface area contributed by atoms with Gasteiger partial charge in [-0.3, -0.25) is 14.9 Å². The van der Waals surface area contributed by atoms with E-state index in [1.807, 2.05) is 4.90 Å². The summed E-state index contributed by atoms with van der Waals surface area (Å²) in [5.74, 6) is 0. The van der Waals surface area contributed by atoms with Crippen molar-refractivity contribution in [2.45, 2.75) is 6.18 Å². The second kappa shape index (κ2) is 9.75. The largest absolute Gasteiger partial charge is 0.416 e. The number of anilines is 1. The summed E-state index contributed by atoms with van der Waals surface area (Å²) in [5, 5.41) is 16.8. The molecular formula is C27H21F3N4O4. The first-order valence-corrected chi connectivity index (χ1v) is 11.7. The zero-order valence-electron chi connectivity index (χ0n) is 19.9. The summed E-state index contributed by atoms with van der Waals surface area (Å²) < 4.78 is 47.3. The second-order valence-corrected chi connectivity index (χ2v) is 8.69. The van der Waals surface area contributed by atoms with Crippen LogP contribution in [0.5, 0.6) is 0 Å². The van der Waals surface area contributed by atoms with E-state index in [1.54, 1.807) is 24.3 Å². The van der Waals surface area contributed by atoms with Crippen molar-refractivity contribution in [1.29, 1.82) is 0 Å². The van der Waals surface area contributed by atoms with Crippen LogP contribution < -0.4 is 10.5 Å². The maximum Gasteiger partial charge on any atom is 0.416 e. The minimum atomic E-state index is -4.64. The highest BCUT2D eigenvalue weighted by Crippen LogP contribution is 2.36. The minimum Gasteiger partial charge on any atom is -0.378 e. The quantitative estimate of drug-likeness (QED) is 0.255. The molecule has 1 aliphatic heterocycles. The molecule has 0 spiro atoms. The van der Waals surface area contributed by atoms with Crippen LogP contribution in [0.1, 0.15) is 11.1 Å². The fraction of sp³-hybridized carbons (Fsp3) is 0.185. The average molecular weight is 522 g/mol. The summed E-state index contributed by atoms with van der Waals surface area (Å²) >= 11 is 0. The zero-order valence-corrected chi connectivity index (χ0v) is 19.9. The fourth-order valence-corrected chi connectivity index (χ4v) is 4.49. The third-order valence-corrected chi connectivity index (χ3v) is 6.36. The van der Waals surface area contributed by atoms with E-state index in [0.29, 0.717) is 37.4 Å². The molecule has 0 amide bonds. The maximum absolute atomic E-state index is 13.7. The van der Waals surface area contributed by atoms with Crippen LogP contribution in [0.3, 0.4) is 0 Å². The van der Waals surface area contributed by atoms with Gasteiger partial charge in [0, 0.05) is 35.8 Å². The lowest BCUT2D eigenvalue weighted by Crippen LogP contribution is -2.36. The highest BCUT2D eigenvalue weighted by Gasteiger charge is 2.32. The van der Waals surface area contributed by atoms with Crippen LogP contribution in [-0.4, -0.2) is 41.0 Å². The lowest BCUT2D eigenvalue weighted by molar-refractivity contribution is -0.384. The Hall–Kier alpha value is -4.51. The molecule has 1 saturated heterocycles. The van der Waals surface area contributed by atoms with Crippen molar-refractivity contribution in [1.82, 2.24) is 9.78 Å². The van der Waals surface area contributed by atoms with E-state index >= 15 is 0 Å². The summed E-state index contributed by atoms with van der Waals surface area (Å²) in [5.41, 5.74) is -1.01. The summed E-state index contributed by atoms with van der Waals surface area (Å²) in [7, 11) is 0. The van der Waals surface area contributed by atoms with Crippen LogP contribution in [0.15, 0.2) is 72.0 Å². The van der Waals surface area contributed by atoms with Gasteiger partial charge in [0.15, 0.2) is 0 Å². The van der Waals surface area contributed by atoms with Gasteiger partial charge in [-0.15, -0.1) is 0 Å². The number of nitrogens with zero attached hydrogens (tertiary/aromatic N) is 4. The molecule has 194 valence electrons. The Kier molecular flexibility index (Phi) is 6.45. The molecule has 11 heteroatoms. The summed E-state index contributed by atoms with van der Waals surface area (Å²) in [6.07, 6.45) is -3.35. The van der Waals surface area contributed by atoms with E-state index < -0.39 is 22.2 Å². The molecule has 1 aliphatic rings. The van der Waals surface area contributed by atoms with E-state index in [4.69, 9.17) is 4.74 Å². The Labute approximate surface area is 214 Å². The van der Waals surface area contributed by atoms with Crippen LogP contribution in [0, 0.1) is 10.1 Å². The minimum absolute atomic E-state index is 0.0699. The first-order valence-electron chi connectivity index (χ1n) is 11.7. The van der Waals surface area contributed by atoms with Gasteiger partial charge in [-0.1, -0.05) is 30.9 Å². The molecule has 5 rings (SSSR count). The highest BCUT2D eigenvalue weighted by atomic mass is 19.4. The molecule has 1 fully saturated rings. The van der Waals surface area contributed by atoms with E-state index in [0.717, 1.165) is 16.8 Å². The number of benzene rings is 3. The third-order valence-electron chi connectivity index (χ3n) is 6.36. The number of nitro benzene ring substituents is 1. The molecule has 0 N–H and O–H groups in total. The molecule has 0 saturated carbocycles. The predicted molar refractivity (Wildman–Crippen MR) is 138 cm³/mol. The number of hydrogen-bond acceptors (Lipinski definition) is 6. The molecule has 0 bridgehead atoms. The molecule has 38 heavy (non-hydrogen) atoms. The van der Waals surface area contributed by atoms with E-state index in [1.165, 1.54) is 30.3 Å². The Morgan fingerprint density at radius 2 is 1.74 bits per heavy atom. The highest BCUT2D eigenvalue weighted by molar-refractivity contribution is 5.94. The van der Waals surface area contributed by atoms with Crippen molar-refractivity contribution in [2.24, 2.45) is 0 Å². The Morgan fingerprint density at radius 3 is 2.39 bits per heavy atom. The molecule has 0 radical (unpaired) electrons. The van der Waals surface area contributed by atoms with Crippen molar-refractivity contribution in [2.75, 3.05) is 31.2 Å². The van der Waals surface area contributed by atoms with E-state index in [9.17, 15) is 28.1 Å². The first-order chi connectivity index (χ1) is 18.2. The van der Waals surface area contributed by atoms with Crippen molar-refractivity contribution in [3.8, 4) is 16.9 Å². The number of morpholine rings is 1. The Morgan fingerprint density at radius 1 is 1.03 bits per heavy atom. The summed E-state index contributed by atoms with van der Waals surface area (Å²) in [4.78, 5) is 26.9. The first kappa shape index (κ1) is 25.2. The second-order valence-electron chi connectivity index (χ2n) is 8.69. The van der Waals surface area contributed by atoms with Crippen LogP contribution in [-0.2, 0) is 10.9 Å². The monoisotopic (exact) mass is 522 g/mol. The fourth-order valence-electron chi connectivity index (χ4n) is 4.49. The molecular weight excluding hydrogens is 501 g/mol. The molecule has 2 heterocycles. The third kappa shape index (κ3) is 4.63. The number of fused-ring (bicyclic) bond motifs is 1. The molecule has 1 aromatic heterocycles. The zero-order chi connectivity index (χ0) is 27.0. The van der Waals surface area contributed by atoms with Gasteiger partial charge in [0.2, 0.25) is 0 Å². The average Bonchev–Trinajstić information content (AvgIpc) is 2.92. The molecule has 0 unspecified atom stereocenters. The van der Waals surface area contributed by atoms with Crippen LogP contribution >= 0.6 is 0 Å². The number of hydrogen-bond donors (Lipinski definition) is 0. The van der Waals surface area contributed by atoms with Gasteiger partial charge < -0.3 is 9.64 Å². The van der Waals surface area contributed by atoms with Crippen LogP contribution in [0.2, 0.25) is 0 Å². The lowest BCUT2D eigenvalue weighted by atomic mass is 9.99. The van der Waals surface area contributed by atoms with Gasteiger partial charge in [0.25, 0.3) is 11.2 Å². The topological polar surface area (TPSA) is 90.5 Å². The van der Waals surface area contributed by atoms with Crippen molar-refractivity contribution in [3.63, 3.8) is 0 Å². The smallest absolute Gasteiger partial charge is 0.378 e. The van der Waals surface area contributed by atoms with Crippen molar-refractivity contribution < 1.29 is 22.8 Å². The summed E-state index contributed by atoms with van der Waals surface area (Å²) in [6.45, 7) is 5.65. The number of rotatable bonds is 5. The van der Waals surface area contributed by atoms with E-state index in [-0.39, 0.29) is 33.6 Å². The SMILES string of the molecule is C=Cc1cc(-c2nn(-c3cc(N4CCOCC4)ccc3[N+](=O)[O-])c(=O)c3ccccc23)cc(C(F)(F)F)c1. The molecule has 0 aliphatic carbocycles. The molecule has 4 aromatic rings. The van der Waals surface area contributed by atoms with Gasteiger partial charge in [-0.2, -0.15) is 23.0 Å². The number of nitro groups is 1. The predicted octanol–water partition coefficient (Wildman–Crippen LogP) is 5.46. The van der Waals surface area contributed by atoms with Crippen LogP contribution in [0.25, 0.3) is 33.8 Å².